The lowest BCUT2D eigenvalue weighted by molar-refractivity contribution is 0.189. The maximum Gasteiger partial charge on any atom is 0.128 e. The van der Waals surface area contributed by atoms with E-state index in [-0.39, 0.29) is 11.9 Å². The summed E-state index contributed by atoms with van der Waals surface area (Å²) < 4.78 is 14.1. The Balaban J connectivity index is 2.07. The summed E-state index contributed by atoms with van der Waals surface area (Å²) in [7, 11) is 4.24. The van der Waals surface area contributed by atoms with Crippen molar-refractivity contribution in [3.8, 4) is 0 Å². The van der Waals surface area contributed by atoms with Crippen LogP contribution in [0.2, 0.25) is 0 Å². The van der Waals surface area contributed by atoms with Gasteiger partial charge >= 0.3 is 0 Å². The summed E-state index contributed by atoms with van der Waals surface area (Å²) in [6.07, 6.45) is 2.49. The van der Waals surface area contributed by atoms with Crippen molar-refractivity contribution < 1.29 is 4.39 Å². The zero-order valence-electron chi connectivity index (χ0n) is 13.5. The highest BCUT2D eigenvalue weighted by atomic mass is 19.1. The Morgan fingerprint density at radius 3 is 2.81 bits per heavy atom. The minimum Gasteiger partial charge on any atom is -0.309 e. The number of benzene rings is 1. The summed E-state index contributed by atoms with van der Waals surface area (Å²) in [5.41, 5.74) is 0.787. The van der Waals surface area contributed by atoms with Crippen LogP contribution in [0.15, 0.2) is 24.3 Å². The van der Waals surface area contributed by atoms with Gasteiger partial charge in [0.15, 0.2) is 0 Å². The predicted molar refractivity (Wildman–Crippen MR) is 86.0 cm³/mol. The van der Waals surface area contributed by atoms with Gasteiger partial charge in [0.1, 0.15) is 5.82 Å². The summed E-state index contributed by atoms with van der Waals surface area (Å²) in [6.45, 7) is 6.01. The molecule has 1 aromatic carbocycles. The van der Waals surface area contributed by atoms with Crippen molar-refractivity contribution in [1.29, 1.82) is 0 Å². The number of nitrogens with zero attached hydrogens (tertiary/aromatic N) is 2. The standard InChI is InChI=1S/C17H28FN3/c1-4-19-17(15-9-5-6-10-16(15)18)13-21-11-7-8-14(21)12-20(2)3/h5-6,9-10,14,17,19H,4,7-8,11-13H2,1-3H3. The fourth-order valence-electron chi connectivity index (χ4n) is 3.28. The molecule has 1 aliphatic rings. The summed E-state index contributed by atoms with van der Waals surface area (Å²) in [5, 5.41) is 3.45. The Labute approximate surface area is 128 Å². The van der Waals surface area contributed by atoms with Crippen molar-refractivity contribution in [2.24, 2.45) is 0 Å². The van der Waals surface area contributed by atoms with E-state index in [1.54, 1.807) is 12.1 Å². The van der Waals surface area contributed by atoms with E-state index in [0.29, 0.717) is 6.04 Å². The van der Waals surface area contributed by atoms with Gasteiger partial charge < -0.3 is 10.2 Å². The van der Waals surface area contributed by atoms with Gasteiger partial charge in [-0.25, -0.2) is 4.39 Å². The summed E-state index contributed by atoms with van der Waals surface area (Å²) >= 11 is 0. The van der Waals surface area contributed by atoms with E-state index >= 15 is 0 Å². The van der Waals surface area contributed by atoms with Gasteiger partial charge in [-0.15, -0.1) is 0 Å². The molecule has 0 aliphatic carbocycles. The molecule has 0 aromatic heterocycles. The van der Waals surface area contributed by atoms with Crippen molar-refractivity contribution in [1.82, 2.24) is 15.1 Å². The van der Waals surface area contributed by atoms with E-state index in [1.807, 2.05) is 12.1 Å². The molecule has 21 heavy (non-hydrogen) atoms. The monoisotopic (exact) mass is 293 g/mol. The van der Waals surface area contributed by atoms with Gasteiger partial charge in [0.2, 0.25) is 0 Å². The number of nitrogens with one attached hydrogen (secondary N) is 1. The fraction of sp³-hybridized carbons (Fsp3) is 0.647. The third kappa shape index (κ3) is 4.50. The molecule has 3 nitrogen and oxygen atoms in total. The maximum atomic E-state index is 14.1. The summed E-state index contributed by atoms with van der Waals surface area (Å²) in [4.78, 5) is 4.76. The van der Waals surface area contributed by atoms with E-state index < -0.39 is 0 Å². The molecule has 0 bridgehead atoms. The zero-order chi connectivity index (χ0) is 15.2. The molecular formula is C17H28FN3. The lowest BCUT2D eigenvalue weighted by atomic mass is 10.0. The Kier molecular flexibility index (Phi) is 6.15. The van der Waals surface area contributed by atoms with E-state index in [2.05, 4.69) is 36.1 Å². The predicted octanol–water partition coefficient (Wildman–Crippen LogP) is 2.50. The molecule has 1 aromatic rings. The van der Waals surface area contributed by atoms with E-state index in [1.165, 1.54) is 12.8 Å². The zero-order valence-corrected chi connectivity index (χ0v) is 13.5. The van der Waals surface area contributed by atoms with Crippen LogP contribution in [0.3, 0.4) is 0 Å². The molecule has 1 heterocycles. The van der Waals surface area contributed by atoms with Crippen LogP contribution >= 0.6 is 0 Å². The van der Waals surface area contributed by atoms with Crippen molar-refractivity contribution in [2.75, 3.05) is 40.3 Å². The largest absolute Gasteiger partial charge is 0.309 e. The number of likely N-dealkylation sites (tertiary alicyclic amines) is 1. The van der Waals surface area contributed by atoms with E-state index in [4.69, 9.17) is 0 Å². The first-order valence-corrected chi connectivity index (χ1v) is 7.98. The van der Waals surface area contributed by atoms with Crippen molar-refractivity contribution in [2.45, 2.75) is 31.8 Å². The molecule has 1 saturated heterocycles. The molecule has 4 heteroatoms. The van der Waals surface area contributed by atoms with Gasteiger partial charge in [0, 0.05) is 30.7 Å². The molecule has 1 aliphatic heterocycles. The van der Waals surface area contributed by atoms with E-state index in [9.17, 15) is 4.39 Å². The molecule has 2 rings (SSSR count). The third-order valence-corrected chi connectivity index (χ3v) is 4.22. The average molecular weight is 293 g/mol. The van der Waals surface area contributed by atoms with Crippen LogP contribution in [0.4, 0.5) is 4.39 Å². The average Bonchev–Trinajstić information content (AvgIpc) is 2.85. The number of halogens is 1. The van der Waals surface area contributed by atoms with Gasteiger partial charge in [-0.1, -0.05) is 25.1 Å². The second kappa shape index (κ2) is 7.87. The first kappa shape index (κ1) is 16.4. The first-order valence-electron chi connectivity index (χ1n) is 7.98. The lowest BCUT2D eigenvalue weighted by Gasteiger charge is -2.31. The van der Waals surface area contributed by atoms with Crippen LogP contribution in [0.25, 0.3) is 0 Å². The molecule has 0 amide bonds. The normalized spacial score (nSPS) is 21.1. The number of hydrogen-bond donors (Lipinski definition) is 1. The molecule has 0 spiro atoms. The highest BCUT2D eigenvalue weighted by Crippen LogP contribution is 2.24. The van der Waals surface area contributed by atoms with Crippen LogP contribution in [0, 0.1) is 5.82 Å². The van der Waals surface area contributed by atoms with E-state index in [0.717, 1.165) is 31.7 Å². The Morgan fingerprint density at radius 1 is 1.38 bits per heavy atom. The quantitative estimate of drug-likeness (QED) is 0.833. The second-order valence-corrected chi connectivity index (χ2v) is 6.19. The minimum atomic E-state index is -0.105. The molecule has 1 fully saturated rings. The molecule has 0 radical (unpaired) electrons. The Hall–Kier alpha value is -0.970. The van der Waals surface area contributed by atoms with Crippen LogP contribution in [0.5, 0.6) is 0 Å². The summed E-state index contributed by atoms with van der Waals surface area (Å²) in [6, 6.07) is 7.80. The third-order valence-electron chi connectivity index (χ3n) is 4.22. The van der Waals surface area contributed by atoms with Crippen LogP contribution < -0.4 is 5.32 Å². The van der Waals surface area contributed by atoms with Crippen molar-refractivity contribution in [3.05, 3.63) is 35.6 Å². The number of hydrogen-bond acceptors (Lipinski definition) is 3. The highest BCUT2D eigenvalue weighted by molar-refractivity contribution is 5.21. The van der Waals surface area contributed by atoms with Crippen LogP contribution in [0.1, 0.15) is 31.4 Å². The number of likely N-dealkylation sites (N-methyl/N-ethyl adjacent to an activating group) is 2. The smallest absolute Gasteiger partial charge is 0.128 e. The molecule has 2 unspecified atom stereocenters. The SMILES string of the molecule is CCNC(CN1CCCC1CN(C)C)c1ccccc1F. The lowest BCUT2D eigenvalue weighted by Crippen LogP contribution is -2.42. The van der Waals surface area contributed by atoms with Gasteiger partial charge in [0.25, 0.3) is 0 Å². The van der Waals surface area contributed by atoms with Crippen molar-refractivity contribution >= 4 is 0 Å². The van der Waals surface area contributed by atoms with Gasteiger partial charge in [-0.3, -0.25) is 4.90 Å². The molecule has 0 saturated carbocycles. The molecular weight excluding hydrogens is 265 g/mol. The minimum absolute atomic E-state index is 0.0685. The van der Waals surface area contributed by atoms with Crippen LogP contribution in [-0.4, -0.2) is 56.1 Å². The Bertz CT molecular complexity index is 436. The second-order valence-electron chi connectivity index (χ2n) is 6.19. The van der Waals surface area contributed by atoms with Gasteiger partial charge in [-0.05, 0) is 46.1 Å². The first-order chi connectivity index (χ1) is 10.1. The molecule has 1 N–H and O–H groups in total. The molecule has 2 atom stereocenters. The van der Waals surface area contributed by atoms with Crippen LogP contribution in [-0.2, 0) is 0 Å². The summed E-state index contributed by atoms with van der Waals surface area (Å²) in [5.74, 6) is -0.105. The molecule has 118 valence electrons. The van der Waals surface area contributed by atoms with Gasteiger partial charge in [-0.2, -0.15) is 0 Å². The number of rotatable bonds is 7. The van der Waals surface area contributed by atoms with Crippen molar-refractivity contribution in [3.63, 3.8) is 0 Å². The van der Waals surface area contributed by atoms with Gasteiger partial charge in [0.05, 0.1) is 0 Å². The Morgan fingerprint density at radius 2 is 2.14 bits per heavy atom. The maximum absolute atomic E-state index is 14.1. The topological polar surface area (TPSA) is 18.5 Å². The fourth-order valence-corrected chi connectivity index (χ4v) is 3.28. The highest BCUT2D eigenvalue weighted by Gasteiger charge is 2.28.